The molecule has 0 aliphatic carbocycles. The average molecular weight is 160 g/mol. The topological polar surface area (TPSA) is 0 Å². The lowest BCUT2D eigenvalue weighted by Gasteiger charge is -1.93. The molecule has 2 heteroatoms. The molecule has 0 aliphatic heterocycles. The van der Waals surface area contributed by atoms with E-state index in [2.05, 4.69) is 6.07 Å². The number of halogens is 2. The summed E-state index contributed by atoms with van der Waals surface area (Å²) in [6, 6.07) is 6.40. The summed E-state index contributed by atoms with van der Waals surface area (Å²) in [7, 11) is 0. The molecule has 0 fully saturated rings. The molecule has 0 saturated heterocycles. The summed E-state index contributed by atoms with van der Waals surface area (Å²) in [6.07, 6.45) is 0. The van der Waals surface area contributed by atoms with E-state index in [0.717, 1.165) is 5.56 Å². The van der Waals surface area contributed by atoms with Crippen molar-refractivity contribution in [2.45, 2.75) is 6.92 Å². The van der Waals surface area contributed by atoms with Crippen molar-refractivity contribution in [1.29, 1.82) is 0 Å². The molecule has 0 heterocycles. The summed E-state index contributed by atoms with van der Waals surface area (Å²) < 4.78 is 0. The quantitative estimate of drug-likeness (QED) is 0.546. The first-order chi connectivity index (χ1) is 4.20. The van der Waals surface area contributed by atoms with Gasteiger partial charge in [0.1, 0.15) is 0 Å². The van der Waals surface area contributed by atoms with Crippen LogP contribution in [0.1, 0.15) is 5.56 Å². The monoisotopic (exact) mass is 159 g/mol. The van der Waals surface area contributed by atoms with Crippen LogP contribution in [0.15, 0.2) is 12.1 Å². The highest BCUT2D eigenvalue weighted by atomic mass is 35.5. The van der Waals surface area contributed by atoms with Gasteiger partial charge in [-0.3, -0.25) is 0 Å². The van der Waals surface area contributed by atoms with Gasteiger partial charge in [-0.2, -0.15) is 0 Å². The maximum absolute atomic E-state index is 5.67. The summed E-state index contributed by atoms with van der Waals surface area (Å²) in [5, 5.41) is 1.16. The Bertz CT molecular complexity index is 218. The summed E-state index contributed by atoms with van der Waals surface area (Å²) in [6.45, 7) is 1.91. The molecule has 1 rings (SSSR count). The smallest absolute Gasteiger partial charge is 0.0529 e. The fraction of sp³-hybridized carbons (Fsp3) is 0.143. The van der Waals surface area contributed by atoms with Crippen LogP contribution in [-0.2, 0) is 0 Å². The predicted octanol–water partition coefficient (Wildman–Crippen LogP) is 3.10. The largest absolute Gasteiger partial charge is 0.0836 e. The molecule has 0 aromatic heterocycles. The molecule has 0 spiro atoms. The van der Waals surface area contributed by atoms with Crippen molar-refractivity contribution in [3.8, 4) is 0 Å². The lowest BCUT2D eigenvalue weighted by atomic mass is 10.2. The molecule has 0 amide bonds. The zero-order valence-corrected chi connectivity index (χ0v) is 6.42. The Morgan fingerprint density at radius 1 is 1.33 bits per heavy atom. The standard InChI is InChI=1S/C7H5Cl2/c1-5-2-3-6(8)4-7(5)9/h2-3H,1H3. The number of aryl methyl sites for hydroxylation is 1. The molecule has 9 heavy (non-hydrogen) atoms. The number of benzene rings is 1. The van der Waals surface area contributed by atoms with E-state index in [4.69, 9.17) is 23.2 Å². The van der Waals surface area contributed by atoms with Gasteiger partial charge < -0.3 is 0 Å². The molecule has 0 atom stereocenters. The van der Waals surface area contributed by atoms with Gasteiger partial charge in [0.15, 0.2) is 0 Å². The normalized spacial score (nSPS) is 9.67. The van der Waals surface area contributed by atoms with E-state index in [0.29, 0.717) is 10.0 Å². The zero-order chi connectivity index (χ0) is 6.85. The van der Waals surface area contributed by atoms with Gasteiger partial charge in [0.05, 0.1) is 10.0 Å². The molecule has 1 aromatic carbocycles. The minimum absolute atomic E-state index is 0.561. The van der Waals surface area contributed by atoms with Crippen LogP contribution >= 0.6 is 23.2 Å². The molecule has 1 radical (unpaired) electrons. The molecule has 1 aromatic rings. The summed E-state index contributed by atoms with van der Waals surface area (Å²) in [5.41, 5.74) is 1.00. The first-order valence-corrected chi connectivity index (χ1v) is 3.29. The van der Waals surface area contributed by atoms with E-state index < -0.39 is 0 Å². The van der Waals surface area contributed by atoms with Gasteiger partial charge in [-0.25, -0.2) is 0 Å². The molecular weight excluding hydrogens is 155 g/mol. The second-order valence-corrected chi connectivity index (χ2v) is 2.59. The SMILES string of the molecule is Cc1ccc(Cl)[c]c1Cl. The van der Waals surface area contributed by atoms with Gasteiger partial charge in [0.2, 0.25) is 0 Å². The Hall–Kier alpha value is -0.200. The maximum Gasteiger partial charge on any atom is 0.0529 e. The Balaban J connectivity index is 3.17. The van der Waals surface area contributed by atoms with E-state index in [1.807, 2.05) is 13.0 Å². The van der Waals surface area contributed by atoms with E-state index in [1.165, 1.54) is 0 Å². The fourth-order valence-electron chi connectivity index (χ4n) is 0.516. The number of hydrogen-bond donors (Lipinski definition) is 0. The molecule has 0 N–H and O–H groups in total. The highest BCUT2D eigenvalue weighted by Crippen LogP contribution is 2.18. The molecule has 0 nitrogen and oxygen atoms in total. The lowest BCUT2D eigenvalue weighted by molar-refractivity contribution is 1.47. The maximum atomic E-state index is 5.67. The van der Waals surface area contributed by atoms with Crippen LogP contribution in [0.2, 0.25) is 10.0 Å². The first kappa shape index (κ1) is 6.91. The van der Waals surface area contributed by atoms with E-state index in [9.17, 15) is 0 Å². The van der Waals surface area contributed by atoms with Crippen molar-refractivity contribution in [2.24, 2.45) is 0 Å². The van der Waals surface area contributed by atoms with Gasteiger partial charge in [-0.05, 0) is 18.6 Å². The van der Waals surface area contributed by atoms with Crippen LogP contribution in [0.5, 0.6) is 0 Å². The minimum atomic E-state index is 0.561. The highest BCUT2D eigenvalue weighted by molar-refractivity contribution is 6.34. The predicted molar refractivity (Wildman–Crippen MR) is 40.0 cm³/mol. The van der Waals surface area contributed by atoms with Gasteiger partial charge in [0, 0.05) is 6.07 Å². The van der Waals surface area contributed by atoms with Crippen LogP contribution in [0.3, 0.4) is 0 Å². The van der Waals surface area contributed by atoms with Crippen molar-refractivity contribution >= 4 is 23.2 Å². The summed E-state index contributed by atoms with van der Waals surface area (Å²) in [5.74, 6) is 0. The Kier molecular flexibility index (Phi) is 1.99. The first-order valence-electron chi connectivity index (χ1n) is 2.54. The summed E-state index contributed by atoms with van der Waals surface area (Å²) in [4.78, 5) is 0. The fourth-order valence-corrected chi connectivity index (χ4v) is 0.887. The van der Waals surface area contributed by atoms with Crippen molar-refractivity contribution in [2.75, 3.05) is 0 Å². The van der Waals surface area contributed by atoms with Crippen molar-refractivity contribution in [3.05, 3.63) is 33.8 Å². The van der Waals surface area contributed by atoms with Crippen LogP contribution in [-0.4, -0.2) is 0 Å². The molecule has 0 bridgehead atoms. The molecule has 0 aliphatic rings. The van der Waals surface area contributed by atoms with Crippen LogP contribution < -0.4 is 0 Å². The van der Waals surface area contributed by atoms with Crippen LogP contribution in [0, 0.1) is 13.0 Å². The van der Waals surface area contributed by atoms with Crippen molar-refractivity contribution < 1.29 is 0 Å². The summed E-state index contributed by atoms with van der Waals surface area (Å²) >= 11 is 11.3. The second kappa shape index (κ2) is 2.59. The Morgan fingerprint density at radius 2 is 2.00 bits per heavy atom. The third-order valence-electron chi connectivity index (χ3n) is 1.06. The number of hydrogen-bond acceptors (Lipinski definition) is 0. The van der Waals surface area contributed by atoms with Gasteiger partial charge in [0.25, 0.3) is 0 Å². The molecule has 0 saturated carbocycles. The minimum Gasteiger partial charge on any atom is -0.0836 e. The van der Waals surface area contributed by atoms with Crippen molar-refractivity contribution in [3.63, 3.8) is 0 Å². The zero-order valence-electron chi connectivity index (χ0n) is 4.91. The molecule has 0 unspecified atom stereocenters. The van der Waals surface area contributed by atoms with Gasteiger partial charge in [-0.1, -0.05) is 29.3 Å². The highest BCUT2D eigenvalue weighted by Gasteiger charge is 1.93. The van der Waals surface area contributed by atoms with E-state index >= 15 is 0 Å². The van der Waals surface area contributed by atoms with Gasteiger partial charge >= 0.3 is 0 Å². The van der Waals surface area contributed by atoms with Crippen molar-refractivity contribution in [1.82, 2.24) is 0 Å². The van der Waals surface area contributed by atoms with E-state index in [1.54, 1.807) is 6.07 Å². The third kappa shape index (κ3) is 1.60. The Labute approximate surface area is 64.4 Å². The average Bonchev–Trinajstić information content (AvgIpc) is 1.80. The third-order valence-corrected chi connectivity index (χ3v) is 1.67. The Morgan fingerprint density at radius 3 is 2.44 bits per heavy atom. The van der Waals surface area contributed by atoms with Crippen LogP contribution in [0.4, 0.5) is 0 Å². The second-order valence-electron chi connectivity index (χ2n) is 1.80. The molecular formula is C7H5Cl2. The van der Waals surface area contributed by atoms with E-state index in [-0.39, 0.29) is 0 Å². The number of rotatable bonds is 0. The molecule has 47 valence electrons. The van der Waals surface area contributed by atoms with Gasteiger partial charge in [-0.15, -0.1) is 0 Å². The lowest BCUT2D eigenvalue weighted by Crippen LogP contribution is -1.72. The van der Waals surface area contributed by atoms with Crippen LogP contribution in [0.25, 0.3) is 0 Å².